The Bertz CT molecular complexity index is 661. The van der Waals surface area contributed by atoms with Crippen LogP contribution in [0.1, 0.15) is 156 Å². The smallest absolute Gasteiger partial charge is 0.0973 e. The fourth-order valence-corrected chi connectivity index (χ4v) is 9.25. The number of fused-ring (bicyclic) bond motifs is 1. The summed E-state index contributed by atoms with van der Waals surface area (Å²) in [5, 5.41) is 8.83. The van der Waals surface area contributed by atoms with E-state index in [1.807, 2.05) is 6.08 Å². The molecule has 0 aromatic rings. The Labute approximate surface area is 255 Å². The van der Waals surface area contributed by atoms with E-state index in [1.54, 1.807) is 70.8 Å². The number of unbranched alkanes of at least 4 members (excludes halogenated alkanes) is 3. The van der Waals surface area contributed by atoms with Gasteiger partial charge in [-0.15, -0.1) is 0 Å². The van der Waals surface area contributed by atoms with Crippen LogP contribution in [0.5, 0.6) is 0 Å². The molecule has 2 nitrogen and oxygen atoms in total. The van der Waals surface area contributed by atoms with Crippen LogP contribution in [0.4, 0.5) is 4.39 Å². The molecule has 4 aliphatic carbocycles. The van der Waals surface area contributed by atoms with Crippen molar-refractivity contribution in [3.63, 3.8) is 0 Å². The van der Waals surface area contributed by atoms with Gasteiger partial charge in [-0.2, -0.15) is 0 Å². The van der Waals surface area contributed by atoms with Crippen molar-refractivity contribution in [2.45, 2.75) is 162 Å². The van der Waals surface area contributed by atoms with Gasteiger partial charge in [-0.1, -0.05) is 77.4 Å². The lowest BCUT2D eigenvalue weighted by atomic mass is 9.60. The van der Waals surface area contributed by atoms with Gasteiger partial charge in [0, 0.05) is 6.61 Å². The van der Waals surface area contributed by atoms with Crippen molar-refractivity contribution in [1.29, 1.82) is 0 Å². The first-order valence-electron chi connectivity index (χ1n) is 18.5. The van der Waals surface area contributed by atoms with Gasteiger partial charge in [0.15, 0.2) is 0 Å². The third kappa shape index (κ3) is 13.0. The van der Waals surface area contributed by atoms with Gasteiger partial charge in [0.2, 0.25) is 0 Å². The van der Waals surface area contributed by atoms with Crippen LogP contribution in [-0.4, -0.2) is 31.1 Å². The fourth-order valence-electron chi connectivity index (χ4n) is 9.25. The summed E-state index contributed by atoms with van der Waals surface area (Å²) in [5.41, 5.74) is 0. The van der Waals surface area contributed by atoms with Crippen LogP contribution >= 0.6 is 0 Å². The van der Waals surface area contributed by atoms with Gasteiger partial charge in [-0.05, 0) is 138 Å². The highest BCUT2D eigenvalue weighted by atomic mass is 19.1. The van der Waals surface area contributed by atoms with Crippen LogP contribution in [0, 0.1) is 47.3 Å². The first kappa shape index (κ1) is 35.1. The molecule has 0 bridgehead atoms. The Morgan fingerprint density at radius 1 is 0.659 bits per heavy atom. The van der Waals surface area contributed by atoms with Crippen LogP contribution in [0.2, 0.25) is 0 Å². The standard InChI is InChI=1S/C32H56O2.C6H13F/c1-2-3-4-7-25-8-11-27(12-9-25)28-14-16-29(17-15-28)31-19-18-30-22-26(10-13-32(30)23-31)24-34-21-6-5-20-33;1-3-4-5-6(2)7/h5-6,25-33H,2-4,7-24H2,1H3;6H,3-5H2,1-2H3/b6-5-;. The summed E-state index contributed by atoms with van der Waals surface area (Å²) in [6, 6.07) is 0. The molecule has 0 aromatic heterocycles. The van der Waals surface area contributed by atoms with E-state index < -0.39 is 6.17 Å². The summed E-state index contributed by atoms with van der Waals surface area (Å²) in [6.45, 7) is 7.73. The summed E-state index contributed by atoms with van der Waals surface area (Å²) in [5.74, 6) is 8.11. The predicted molar refractivity (Wildman–Crippen MR) is 174 cm³/mol. The van der Waals surface area contributed by atoms with Crippen LogP contribution in [0.25, 0.3) is 0 Å². The maximum Gasteiger partial charge on any atom is 0.0973 e. The predicted octanol–water partition coefficient (Wildman–Crippen LogP) is 11.1. The molecule has 0 spiro atoms. The quantitative estimate of drug-likeness (QED) is 0.165. The van der Waals surface area contributed by atoms with Gasteiger partial charge in [0.1, 0.15) is 0 Å². The second kappa shape index (κ2) is 20.5. The monoisotopic (exact) mass is 577 g/mol. The van der Waals surface area contributed by atoms with Crippen LogP contribution in [-0.2, 0) is 4.74 Å². The minimum Gasteiger partial charge on any atom is -0.392 e. The Morgan fingerprint density at radius 2 is 1.17 bits per heavy atom. The average Bonchev–Trinajstić information content (AvgIpc) is 3.00. The molecule has 240 valence electrons. The van der Waals surface area contributed by atoms with E-state index in [1.165, 1.54) is 57.8 Å². The van der Waals surface area contributed by atoms with E-state index in [-0.39, 0.29) is 6.61 Å². The number of aliphatic hydroxyl groups excluding tert-OH is 1. The second-order valence-corrected chi connectivity index (χ2v) is 14.8. The summed E-state index contributed by atoms with van der Waals surface area (Å²) in [4.78, 5) is 0. The van der Waals surface area contributed by atoms with Crippen molar-refractivity contribution < 1.29 is 14.2 Å². The van der Waals surface area contributed by atoms with Gasteiger partial charge >= 0.3 is 0 Å². The number of rotatable bonds is 14. The maximum absolute atomic E-state index is 11.9. The molecule has 4 aliphatic rings. The first-order chi connectivity index (χ1) is 20.0. The number of aliphatic hydroxyl groups is 1. The number of ether oxygens (including phenoxy) is 1. The number of hydrogen-bond acceptors (Lipinski definition) is 2. The van der Waals surface area contributed by atoms with Crippen molar-refractivity contribution in [2.24, 2.45) is 47.3 Å². The zero-order valence-electron chi connectivity index (χ0n) is 27.6. The lowest BCUT2D eigenvalue weighted by Crippen LogP contribution is -2.36. The Morgan fingerprint density at radius 3 is 1.76 bits per heavy atom. The van der Waals surface area contributed by atoms with E-state index in [9.17, 15) is 4.39 Å². The molecule has 0 saturated heterocycles. The molecule has 5 atom stereocenters. The maximum atomic E-state index is 11.9. The molecule has 0 radical (unpaired) electrons. The Kier molecular flexibility index (Phi) is 17.6. The molecular weight excluding hydrogens is 507 g/mol. The molecule has 0 aliphatic heterocycles. The molecule has 4 fully saturated rings. The summed E-state index contributed by atoms with van der Waals surface area (Å²) in [6.07, 6.45) is 33.1. The summed E-state index contributed by atoms with van der Waals surface area (Å²) >= 11 is 0. The molecule has 0 aromatic carbocycles. The van der Waals surface area contributed by atoms with Crippen molar-refractivity contribution in [3.05, 3.63) is 12.2 Å². The van der Waals surface area contributed by atoms with Crippen molar-refractivity contribution in [3.8, 4) is 0 Å². The highest BCUT2D eigenvalue weighted by Gasteiger charge is 2.39. The molecule has 41 heavy (non-hydrogen) atoms. The molecule has 0 heterocycles. The minimum atomic E-state index is -0.597. The van der Waals surface area contributed by atoms with E-state index in [0.717, 1.165) is 73.2 Å². The minimum absolute atomic E-state index is 0.125. The Balaban J connectivity index is 0.000000587. The van der Waals surface area contributed by atoms with E-state index in [2.05, 4.69) is 13.8 Å². The Hall–Kier alpha value is -0.410. The zero-order chi connectivity index (χ0) is 29.3. The lowest BCUT2D eigenvalue weighted by molar-refractivity contribution is 0.0269. The van der Waals surface area contributed by atoms with Gasteiger partial charge in [0.05, 0.1) is 19.4 Å². The largest absolute Gasteiger partial charge is 0.392 e. The van der Waals surface area contributed by atoms with Crippen molar-refractivity contribution >= 4 is 0 Å². The molecule has 5 unspecified atom stereocenters. The van der Waals surface area contributed by atoms with Gasteiger partial charge in [-0.25, -0.2) is 4.39 Å². The average molecular weight is 577 g/mol. The topological polar surface area (TPSA) is 29.5 Å². The van der Waals surface area contributed by atoms with Gasteiger partial charge < -0.3 is 9.84 Å². The number of hydrogen-bond donors (Lipinski definition) is 1. The van der Waals surface area contributed by atoms with Crippen molar-refractivity contribution in [1.82, 2.24) is 0 Å². The van der Waals surface area contributed by atoms with Crippen molar-refractivity contribution in [2.75, 3.05) is 19.8 Å². The third-order valence-electron chi connectivity index (χ3n) is 11.8. The third-order valence-corrected chi connectivity index (χ3v) is 11.8. The van der Waals surface area contributed by atoms with Crippen LogP contribution < -0.4 is 0 Å². The van der Waals surface area contributed by atoms with E-state index >= 15 is 0 Å². The zero-order valence-corrected chi connectivity index (χ0v) is 27.6. The lowest BCUT2D eigenvalue weighted by Gasteiger charge is -2.46. The van der Waals surface area contributed by atoms with Gasteiger partial charge in [0.25, 0.3) is 0 Å². The molecular formula is C38H69FO2. The second-order valence-electron chi connectivity index (χ2n) is 14.8. The van der Waals surface area contributed by atoms with Gasteiger partial charge in [-0.3, -0.25) is 0 Å². The van der Waals surface area contributed by atoms with E-state index in [4.69, 9.17) is 9.84 Å². The molecule has 1 N–H and O–H groups in total. The molecule has 0 amide bonds. The van der Waals surface area contributed by atoms with E-state index in [0.29, 0.717) is 6.61 Å². The highest BCUT2D eigenvalue weighted by molar-refractivity contribution is 4.91. The first-order valence-corrected chi connectivity index (χ1v) is 18.5. The molecule has 4 saturated carbocycles. The molecule has 4 rings (SSSR count). The normalized spacial score (nSPS) is 35.0. The fraction of sp³-hybridized carbons (Fsp3) is 0.947. The summed E-state index contributed by atoms with van der Waals surface area (Å²) < 4.78 is 17.7. The van der Waals surface area contributed by atoms with Crippen LogP contribution in [0.3, 0.4) is 0 Å². The molecule has 3 heteroatoms. The number of alkyl halides is 1. The SMILES string of the molecule is CCCCC(C)F.CCCCCC1CCC(C2CCC(C3CCC4CC(COC/C=C\CO)CCC4C3)CC2)CC1. The highest BCUT2D eigenvalue weighted by Crippen LogP contribution is 2.50. The number of halogens is 1. The summed E-state index contributed by atoms with van der Waals surface area (Å²) in [7, 11) is 0. The van der Waals surface area contributed by atoms with Crippen LogP contribution in [0.15, 0.2) is 12.2 Å².